The number of hydrogen-bond donors (Lipinski definition) is 1. The van der Waals surface area contributed by atoms with E-state index >= 15 is 0 Å². The Bertz CT molecular complexity index is 1030. The molecule has 5 heteroatoms. The van der Waals surface area contributed by atoms with Gasteiger partial charge in [-0.15, -0.1) is 11.3 Å². The first-order valence-corrected chi connectivity index (χ1v) is 9.93. The Labute approximate surface area is 163 Å². The predicted molar refractivity (Wildman–Crippen MR) is 109 cm³/mol. The molecule has 2 N–H and O–H groups in total. The maximum atomic E-state index is 9.46. The lowest BCUT2D eigenvalue weighted by Gasteiger charge is -2.11. The van der Waals surface area contributed by atoms with E-state index in [1.165, 1.54) is 16.7 Å². The highest BCUT2D eigenvalue weighted by Gasteiger charge is 2.23. The van der Waals surface area contributed by atoms with Crippen LogP contribution in [0.15, 0.2) is 42.6 Å². The summed E-state index contributed by atoms with van der Waals surface area (Å²) in [7, 11) is 0. The zero-order valence-corrected chi connectivity index (χ0v) is 16.2. The van der Waals surface area contributed by atoms with E-state index in [2.05, 4.69) is 29.3 Å². The van der Waals surface area contributed by atoms with Crippen molar-refractivity contribution in [2.45, 2.75) is 38.8 Å². The lowest BCUT2D eigenvalue weighted by molar-refractivity contribution is 0.242. The van der Waals surface area contributed by atoms with Crippen molar-refractivity contribution < 1.29 is 4.74 Å². The van der Waals surface area contributed by atoms with Crippen molar-refractivity contribution >= 4 is 11.3 Å². The highest BCUT2D eigenvalue weighted by molar-refractivity contribution is 7.18. The first-order chi connectivity index (χ1) is 13.1. The molecule has 1 unspecified atom stereocenters. The SMILES string of the molecule is CC(C)Oc1ccc(-c2cnc(-c3cccc4c3CCC4N)s2)cc1C#N. The van der Waals surface area contributed by atoms with Gasteiger partial charge in [0, 0.05) is 17.8 Å². The van der Waals surface area contributed by atoms with E-state index in [9.17, 15) is 5.26 Å². The summed E-state index contributed by atoms with van der Waals surface area (Å²) in [6, 6.07) is 14.4. The summed E-state index contributed by atoms with van der Waals surface area (Å²) >= 11 is 1.64. The minimum absolute atomic E-state index is 0.0319. The van der Waals surface area contributed by atoms with Gasteiger partial charge in [0.15, 0.2) is 0 Å². The van der Waals surface area contributed by atoms with Crippen LogP contribution in [0, 0.1) is 11.3 Å². The molecule has 4 nitrogen and oxygen atoms in total. The van der Waals surface area contributed by atoms with E-state index in [4.69, 9.17) is 10.5 Å². The van der Waals surface area contributed by atoms with Gasteiger partial charge in [0.2, 0.25) is 0 Å². The van der Waals surface area contributed by atoms with Crippen molar-refractivity contribution in [1.29, 1.82) is 5.26 Å². The summed E-state index contributed by atoms with van der Waals surface area (Å²) in [6.45, 7) is 3.91. The smallest absolute Gasteiger partial charge is 0.137 e. The van der Waals surface area contributed by atoms with Gasteiger partial charge in [0.05, 0.1) is 16.5 Å². The van der Waals surface area contributed by atoms with E-state index in [-0.39, 0.29) is 12.1 Å². The molecule has 3 aromatic rings. The third-order valence-corrected chi connectivity index (χ3v) is 5.88. The molecule has 0 saturated carbocycles. The Hall–Kier alpha value is -2.68. The minimum atomic E-state index is 0.0319. The lowest BCUT2D eigenvalue weighted by atomic mass is 10.0. The van der Waals surface area contributed by atoms with Crippen LogP contribution in [-0.2, 0) is 6.42 Å². The molecule has 4 rings (SSSR count). The lowest BCUT2D eigenvalue weighted by Crippen LogP contribution is -2.06. The van der Waals surface area contributed by atoms with Crippen molar-refractivity contribution in [1.82, 2.24) is 4.98 Å². The first kappa shape index (κ1) is 17.7. The molecule has 2 aromatic carbocycles. The zero-order chi connectivity index (χ0) is 19.0. The highest BCUT2D eigenvalue weighted by atomic mass is 32.1. The van der Waals surface area contributed by atoms with E-state index in [0.29, 0.717) is 11.3 Å². The predicted octanol–water partition coefficient (Wildman–Crippen LogP) is 5.08. The average Bonchev–Trinajstić information content (AvgIpc) is 3.29. The van der Waals surface area contributed by atoms with Crippen LogP contribution in [0.1, 0.15) is 43.0 Å². The average molecular weight is 375 g/mol. The van der Waals surface area contributed by atoms with E-state index in [0.717, 1.165) is 28.3 Å². The molecule has 136 valence electrons. The van der Waals surface area contributed by atoms with Gasteiger partial charge in [0.1, 0.15) is 16.8 Å². The molecule has 1 aliphatic carbocycles. The van der Waals surface area contributed by atoms with Gasteiger partial charge in [-0.2, -0.15) is 5.26 Å². The number of aromatic nitrogens is 1. The quantitative estimate of drug-likeness (QED) is 0.690. The maximum absolute atomic E-state index is 9.46. The number of rotatable bonds is 4. The second-order valence-electron chi connectivity index (χ2n) is 7.04. The molecule has 0 bridgehead atoms. The highest BCUT2D eigenvalue weighted by Crippen LogP contribution is 2.40. The van der Waals surface area contributed by atoms with Gasteiger partial charge >= 0.3 is 0 Å². The van der Waals surface area contributed by atoms with Crippen molar-refractivity contribution in [3.05, 3.63) is 59.3 Å². The van der Waals surface area contributed by atoms with Crippen molar-refractivity contribution in [2.75, 3.05) is 0 Å². The van der Waals surface area contributed by atoms with Crippen LogP contribution < -0.4 is 10.5 Å². The Morgan fingerprint density at radius 3 is 2.93 bits per heavy atom. The summed E-state index contributed by atoms with van der Waals surface area (Å²) in [5, 5.41) is 10.5. The first-order valence-electron chi connectivity index (χ1n) is 9.11. The Balaban J connectivity index is 1.69. The molecule has 0 aliphatic heterocycles. The molecule has 0 saturated heterocycles. The number of nitrogens with zero attached hydrogens (tertiary/aromatic N) is 2. The van der Waals surface area contributed by atoms with E-state index in [1.807, 2.05) is 38.2 Å². The Kier molecular flexibility index (Phi) is 4.69. The van der Waals surface area contributed by atoms with Crippen LogP contribution in [0.3, 0.4) is 0 Å². The van der Waals surface area contributed by atoms with Gasteiger partial charge in [0.25, 0.3) is 0 Å². The molecule has 1 aromatic heterocycles. The van der Waals surface area contributed by atoms with Crippen LogP contribution in [0.25, 0.3) is 21.0 Å². The topological polar surface area (TPSA) is 71.9 Å². The molecular weight excluding hydrogens is 354 g/mol. The molecule has 1 aliphatic rings. The fourth-order valence-electron chi connectivity index (χ4n) is 3.55. The molecule has 0 fully saturated rings. The van der Waals surface area contributed by atoms with Gasteiger partial charge in [-0.05, 0) is 61.6 Å². The number of hydrogen-bond acceptors (Lipinski definition) is 5. The summed E-state index contributed by atoms with van der Waals surface area (Å²) in [5.41, 5.74) is 11.5. The molecule has 0 radical (unpaired) electrons. The molecule has 27 heavy (non-hydrogen) atoms. The van der Waals surface area contributed by atoms with Crippen LogP contribution in [0.2, 0.25) is 0 Å². The number of nitriles is 1. The van der Waals surface area contributed by atoms with Crippen molar-refractivity contribution in [2.24, 2.45) is 5.73 Å². The normalized spacial score (nSPS) is 15.6. The van der Waals surface area contributed by atoms with Crippen LogP contribution in [-0.4, -0.2) is 11.1 Å². The Morgan fingerprint density at radius 1 is 1.30 bits per heavy atom. The third kappa shape index (κ3) is 3.34. The molecule has 1 atom stereocenters. The minimum Gasteiger partial charge on any atom is -0.490 e. The Morgan fingerprint density at radius 2 is 2.15 bits per heavy atom. The number of fused-ring (bicyclic) bond motifs is 1. The van der Waals surface area contributed by atoms with Crippen molar-refractivity contribution in [3.63, 3.8) is 0 Å². The van der Waals surface area contributed by atoms with Gasteiger partial charge < -0.3 is 10.5 Å². The van der Waals surface area contributed by atoms with Crippen LogP contribution in [0.5, 0.6) is 5.75 Å². The standard InChI is InChI=1S/C22H21N3OS/c1-13(2)26-20-9-6-14(10-15(20)11-23)21-12-25-22(27-21)18-5-3-4-17-16(18)7-8-19(17)24/h3-6,9-10,12-13,19H,7-8,24H2,1-2H3. The second-order valence-corrected chi connectivity index (χ2v) is 8.07. The molecule has 1 heterocycles. The molecule has 0 spiro atoms. The number of benzene rings is 2. The van der Waals surface area contributed by atoms with Gasteiger partial charge in [-0.3, -0.25) is 0 Å². The maximum Gasteiger partial charge on any atom is 0.137 e. The summed E-state index contributed by atoms with van der Waals surface area (Å²) in [6.07, 6.45) is 3.91. The second kappa shape index (κ2) is 7.15. The zero-order valence-electron chi connectivity index (χ0n) is 15.4. The van der Waals surface area contributed by atoms with Gasteiger partial charge in [-0.1, -0.05) is 18.2 Å². The van der Waals surface area contributed by atoms with E-state index in [1.54, 1.807) is 11.3 Å². The largest absolute Gasteiger partial charge is 0.490 e. The monoisotopic (exact) mass is 375 g/mol. The fourth-order valence-corrected chi connectivity index (χ4v) is 4.51. The number of thiazole rings is 1. The molecular formula is C22H21N3OS. The van der Waals surface area contributed by atoms with Crippen LogP contribution >= 0.6 is 11.3 Å². The number of nitrogens with two attached hydrogens (primary N) is 1. The van der Waals surface area contributed by atoms with Crippen molar-refractivity contribution in [3.8, 4) is 32.8 Å². The van der Waals surface area contributed by atoms with E-state index < -0.39 is 0 Å². The molecule has 0 amide bonds. The van der Waals surface area contributed by atoms with Gasteiger partial charge in [-0.25, -0.2) is 4.98 Å². The summed E-state index contributed by atoms with van der Waals surface area (Å²) in [5.74, 6) is 0.621. The third-order valence-electron chi connectivity index (χ3n) is 4.80. The number of ether oxygens (including phenoxy) is 1. The summed E-state index contributed by atoms with van der Waals surface area (Å²) in [4.78, 5) is 5.69. The summed E-state index contributed by atoms with van der Waals surface area (Å²) < 4.78 is 5.72. The van der Waals surface area contributed by atoms with Crippen LogP contribution in [0.4, 0.5) is 0 Å². The fraction of sp³-hybridized carbons (Fsp3) is 0.273.